The van der Waals surface area contributed by atoms with Crippen molar-refractivity contribution in [1.29, 1.82) is 0 Å². The highest BCUT2D eigenvalue weighted by Gasteiger charge is 2.16. The minimum atomic E-state index is -0.601. The molecular formula is C17H12ClN3O4. The summed E-state index contributed by atoms with van der Waals surface area (Å²) < 4.78 is 0. The summed E-state index contributed by atoms with van der Waals surface area (Å²) in [5.74, 6) is -0.581. The number of anilines is 1. The number of fused-ring (bicyclic) bond motifs is 1. The predicted octanol–water partition coefficient (Wildman–Crippen LogP) is 3.65. The summed E-state index contributed by atoms with van der Waals surface area (Å²) in [6.07, 6.45) is 0. The van der Waals surface area contributed by atoms with Crippen LogP contribution in [0.15, 0.2) is 47.3 Å². The molecule has 1 aromatic heterocycles. The molecule has 0 aliphatic rings. The maximum absolute atomic E-state index is 12.4. The SMILES string of the molecule is Cc1cc(=O)[nH]c2cc(NC(=O)c3cc([N+](=O)[O-])ccc3Cl)ccc12. The number of nitrogens with zero attached hydrogens (tertiary/aromatic N) is 1. The molecule has 126 valence electrons. The van der Waals surface area contributed by atoms with Gasteiger partial charge in [-0.15, -0.1) is 0 Å². The van der Waals surface area contributed by atoms with Gasteiger partial charge in [-0.1, -0.05) is 17.7 Å². The number of nitro groups is 1. The number of rotatable bonds is 3. The lowest BCUT2D eigenvalue weighted by Gasteiger charge is -2.09. The number of amides is 1. The van der Waals surface area contributed by atoms with Crippen LogP contribution >= 0.6 is 11.6 Å². The predicted molar refractivity (Wildman–Crippen MR) is 95.4 cm³/mol. The van der Waals surface area contributed by atoms with Gasteiger partial charge in [-0.05, 0) is 30.7 Å². The number of pyridine rings is 1. The van der Waals surface area contributed by atoms with E-state index in [1.54, 1.807) is 18.2 Å². The van der Waals surface area contributed by atoms with Crippen LogP contribution in [0.25, 0.3) is 10.9 Å². The summed E-state index contributed by atoms with van der Waals surface area (Å²) in [6, 6.07) is 10.2. The van der Waals surface area contributed by atoms with Gasteiger partial charge in [0, 0.05) is 29.3 Å². The standard InChI is InChI=1S/C17H12ClN3O4/c1-9-6-16(22)20-15-7-10(2-4-12(9)15)19-17(23)13-8-11(21(24)25)3-5-14(13)18/h2-8H,1H3,(H,19,23)(H,20,22). The number of hydrogen-bond acceptors (Lipinski definition) is 4. The van der Waals surface area contributed by atoms with Crippen LogP contribution in [0, 0.1) is 17.0 Å². The molecule has 0 atom stereocenters. The highest BCUT2D eigenvalue weighted by molar-refractivity contribution is 6.34. The second kappa shape index (κ2) is 6.37. The van der Waals surface area contributed by atoms with Gasteiger partial charge < -0.3 is 10.3 Å². The van der Waals surface area contributed by atoms with Crippen molar-refractivity contribution < 1.29 is 9.72 Å². The molecule has 2 N–H and O–H groups in total. The van der Waals surface area contributed by atoms with E-state index in [9.17, 15) is 19.7 Å². The number of aryl methyl sites for hydroxylation is 1. The lowest BCUT2D eigenvalue weighted by molar-refractivity contribution is -0.384. The quantitative estimate of drug-likeness (QED) is 0.551. The van der Waals surface area contributed by atoms with Gasteiger partial charge in [0.1, 0.15) is 0 Å². The molecule has 0 radical (unpaired) electrons. The minimum absolute atomic E-state index is 0.00583. The zero-order chi connectivity index (χ0) is 18.1. The molecule has 0 saturated carbocycles. The number of aromatic amines is 1. The number of aromatic nitrogens is 1. The summed E-state index contributed by atoms with van der Waals surface area (Å²) in [4.78, 5) is 36.9. The smallest absolute Gasteiger partial charge is 0.270 e. The Morgan fingerprint density at radius 3 is 2.68 bits per heavy atom. The topological polar surface area (TPSA) is 105 Å². The molecule has 1 heterocycles. The van der Waals surface area contributed by atoms with Crippen molar-refractivity contribution in [1.82, 2.24) is 4.98 Å². The van der Waals surface area contributed by atoms with E-state index in [4.69, 9.17) is 11.6 Å². The largest absolute Gasteiger partial charge is 0.322 e. The van der Waals surface area contributed by atoms with E-state index in [0.29, 0.717) is 11.2 Å². The van der Waals surface area contributed by atoms with Crippen molar-refractivity contribution in [2.45, 2.75) is 6.92 Å². The molecule has 7 nitrogen and oxygen atoms in total. The Morgan fingerprint density at radius 1 is 1.20 bits per heavy atom. The van der Waals surface area contributed by atoms with Crippen LogP contribution in [0.3, 0.4) is 0 Å². The molecule has 0 unspecified atom stereocenters. The van der Waals surface area contributed by atoms with Crippen molar-refractivity contribution in [3.8, 4) is 0 Å². The Morgan fingerprint density at radius 2 is 1.96 bits per heavy atom. The second-order valence-corrected chi connectivity index (χ2v) is 5.86. The minimum Gasteiger partial charge on any atom is -0.322 e. The van der Waals surface area contributed by atoms with Gasteiger partial charge in [-0.3, -0.25) is 19.7 Å². The second-order valence-electron chi connectivity index (χ2n) is 5.45. The Hall–Kier alpha value is -3.19. The van der Waals surface area contributed by atoms with Crippen LogP contribution in [0.4, 0.5) is 11.4 Å². The zero-order valence-electron chi connectivity index (χ0n) is 13.0. The normalized spacial score (nSPS) is 10.6. The number of halogens is 1. The van der Waals surface area contributed by atoms with Crippen LogP contribution in [0.5, 0.6) is 0 Å². The van der Waals surface area contributed by atoms with Crippen LogP contribution < -0.4 is 10.9 Å². The maximum Gasteiger partial charge on any atom is 0.270 e. The number of hydrogen-bond donors (Lipinski definition) is 2. The number of H-pyrrole nitrogens is 1. The number of carbonyl (C=O) groups is 1. The molecule has 0 fully saturated rings. The zero-order valence-corrected chi connectivity index (χ0v) is 13.8. The fourth-order valence-corrected chi connectivity index (χ4v) is 2.72. The Bertz CT molecular complexity index is 1080. The van der Waals surface area contributed by atoms with Gasteiger partial charge in [0.25, 0.3) is 11.6 Å². The molecule has 3 rings (SSSR count). The van der Waals surface area contributed by atoms with E-state index in [2.05, 4.69) is 10.3 Å². The van der Waals surface area contributed by atoms with Crippen molar-refractivity contribution in [2.75, 3.05) is 5.32 Å². The molecule has 3 aromatic rings. The number of non-ortho nitro benzene ring substituents is 1. The summed E-state index contributed by atoms with van der Waals surface area (Å²) in [5.41, 5.74) is 1.35. The fraction of sp³-hybridized carbons (Fsp3) is 0.0588. The average molecular weight is 358 g/mol. The van der Waals surface area contributed by atoms with E-state index in [1.165, 1.54) is 18.2 Å². The molecule has 0 aliphatic carbocycles. The first-order valence-corrected chi connectivity index (χ1v) is 7.62. The van der Waals surface area contributed by atoms with Gasteiger partial charge in [0.05, 0.1) is 21.0 Å². The third kappa shape index (κ3) is 3.36. The molecule has 25 heavy (non-hydrogen) atoms. The Labute approximate surface area is 146 Å². The van der Waals surface area contributed by atoms with Gasteiger partial charge >= 0.3 is 0 Å². The highest BCUT2D eigenvalue weighted by Crippen LogP contribution is 2.24. The van der Waals surface area contributed by atoms with E-state index < -0.39 is 10.8 Å². The van der Waals surface area contributed by atoms with Gasteiger partial charge in [-0.2, -0.15) is 0 Å². The van der Waals surface area contributed by atoms with Gasteiger partial charge in [-0.25, -0.2) is 0 Å². The first-order valence-electron chi connectivity index (χ1n) is 7.24. The Kier molecular flexibility index (Phi) is 4.24. The van der Waals surface area contributed by atoms with Crippen LogP contribution in [-0.4, -0.2) is 15.8 Å². The monoisotopic (exact) mass is 357 g/mol. The number of benzene rings is 2. The first-order chi connectivity index (χ1) is 11.8. The average Bonchev–Trinajstić information content (AvgIpc) is 2.54. The third-order valence-electron chi connectivity index (χ3n) is 3.71. The molecule has 0 aliphatic heterocycles. The van der Waals surface area contributed by atoms with Crippen LogP contribution in [0.1, 0.15) is 15.9 Å². The summed E-state index contributed by atoms with van der Waals surface area (Å²) in [7, 11) is 0. The number of nitrogens with one attached hydrogen (secondary N) is 2. The van der Waals surface area contributed by atoms with Crippen molar-refractivity contribution >= 4 is 39.8 Å². The molecule has 8 heteroatoms. The van der Waals surface area contributed by atoms with Crippen LogP contribution in [-0.2, 0) is 0 Å². The van der Waals surface area contributed by atoms with E-state index in [1.807, 2.05) is 6.92 Å². The molecule has 0 bridgehead atoms. The maximum atomic E-state index is 12.4. The van der Waals surface area contributed by atoms with E-state index >= 15 is 0 Å². The summed E-state index contributed by atoms with van der Waals surface area (Å²) in [6.45, 7) is 1.82. The molecular weight excluding hydrogens is 346 g/mol. The van der Waals surface area contributed by atoms with Gasteiger partial charge in [0.2, 0.25) is 5.56 Å². The van der Waals surface area contributed by atoms with Crippen molar-refractivity contribution in [2.24, 2.45) is 0 Å². The number of nitro benzene ring substituents is 1. The molecule has 2 aromatic carbocycles. The molecule has 0 saturated heterocycles. The Balaban J connectivity index is 1.96. The lowest BCUT2D eigenvalue weighted by Crippen LogP contribution is -2.13. The summed E-state index contributed by atoms with van der Waals surface area (Å²) >= 11 is 5.97. The number of carbonyl (C=O) groups excluding carboxylic acids is 1. The lowest BCUT2D eigenvalue weighted by atomic mass is 10.1. The van der Waals surface area contributed by atoms with E-state index in [-0.39, 0.29) is 21.8 Å². The molecule has 1 amide bonds. The van der Waals surface area contributed by atoms with Gasteiger partial charge in [0.15, 0.2) is 0 Å². The fourth-order valence-electron chi connectivity index (χ4n) is 2.51. The third-order valence-corrected chi connectivity index (χ3v) is 4.04. The van der Waals surface area contributed by atoms with Crippen LogP contribution in [0.2, 0.25) is 5.02 Å². The van der Waals surface area contributed by atoms with Crippen molar-refractivity contribution in [3.05, 3.63) is 79.1 Å². The highest BCUT2D eigenvalue weighted by atomic mass is 35.5. The van der Waals surface area contributed by atoms with E-state index in [0.717, 1.165) is 17.0 Å². The summed E-state index contributed by atoms with van der Waals surface area (Å²) in [5, 5.41) is 14.4. The van der Waals surface area contributed by atoms with Crippen molar-refractivity contribution in [3.63, 3.8) is 0 Å². The molecule has 0 spiro atoms. The first kappa shape index (κ1) is 16.7.